The zero-order chi connectivity index (χ0) is 16.6. The van der Waals surface area contributed by atoms with E-state index < -0.39 is 30.8 Å². The molecule has 0 aliphatic carbocycles. The molecule has 1 aliphatic rings. The number of carbonyl (C=O) groups excluding carboxylic acids is 1. The molecular formula is C15H15F2N3O3. The normalized spacial score (nSPS) is 19.8. The summed E-state index contributed by atoms with van der Waals surface area (Å²) in [5.41, 5.74) is 0.267. The van der Waals surface area contributed by atoms with Crippen LogP contribution in [0.15, 0.2) is 28.8 Å². The molecule has 1 fully saturated rings. The number of alkyl halides is 2. The Labute approximate surface area is 131 Å². The van der Waals surface area contributed by atoms with E-state index in [-0.39, 0.29) is 11.5 Å². The van der Waals surface area contributed by atoms with Gasteiger partial charge in [0.05, 0.1) is 13.7 Å². The lowest BCUT2D eigenvalue weighted by molar-refractivity contribution is 0.0117. The predicted molar refractivity (Wildman–Crippen MR) is 75.4 cm³/mol. The van der Waals surface area contributed by atoms with Gasteiger partial charge in [-0.05, 0) is 25.1 Å². The number of halogens is 2. The van der Waals surface area contributed by atoms with Gasteiger partial charge in [-0.2, -0.15) is 4.98 Å². The van der Waals surface area contributed by atoms with Gasteiger partial charge in [-0.15, -0.1) is 0 Å². The van der Waals surface area contributed by atoms with E-state index >= 15 is 0 Å². The van der Waals surface area contributed by atoms with Crippen LogP contribution in [0.5, 0.6) is 5.75 Å². The van der Waals surface area contributed by atoms with Crippen LogP contribution in [0.4, 0.5) is 8.78 Å². The van der Waals surface area contributed by atoms with Gasteiger partial charge in [0.2, 0.25) is 5.89 Å². The first-order valence-electron chi connectivity index (χ1n) is 7.03. The van der Waals surface area contributed by atoms with E-state index in [2.05, 4.69) is 10.1 Å². The number of amides is 1. The second-order valence-electron chi connectivity index (χ2n) is 5.42. The van der Waals surface area contributed by atoms with Gasteiger partial charge in [0, 0.05) is 12.0 Å². The standard InChI is InChI=1S/C15H15F2N3O3/c1-9-18-13(23-19-9)12-7-15(16,17)8-20(12)14(21)10-4-3-5-11(6-10)22-2/h3-6,12H,7-8H2,1-2H3. The molecular weight excluding hydrogens is 308 g/mol. The van der Waals surface area contributed by atoms with E-state index in [1.54, 1.807) is 25.1 Å². The van der Waals surface area contributed by atoms with Crippen LogP contribution in [0.1, 0.15) is 34.5 Å². The van der Waals surface area contributed by atoms with Gasteiger partial charge in [0.25, 0.3) is 11.8 Å². The maximum atomic E-state index is 13.9. The molecule has 1 saturated heterocycles. The summed E-state index contributed by atoms with van der Waals surface area (Å²) in [5.74, 6) is -2.68. The molecule has 2 heterocycles. The van der Waals surface area contributed by atoms with Crippen molar-refractivity contribution in [1.82, 2.24) is 15.0 Å². The van der Waals surface area contributed by atoms with Gasteiger partial charge in [-0.25, -0.2) is 8.78 Å². The number of likely N-dealkylation sites (tertiary alicyclic amines) is 1. The number of aryl methyl sites for hydroxylation is 1. The Hall–Kier alpha value is -2.51. The SMILES string of the molecule is COc1cccc(C(=O)N2CC(F)(F)CC2c2nc(C)no2)c1. The number of aromatic nitrogens is 2. The fourth-order valence-corrected chi connectivity index (χ4v) is 2.62. The molecule has 0 saturated carbocycles. The smallest absolute Gasteiger partial charge is 0.267 e. The Kier molecular flexibility index (Phi) is 3.75. The van der Waals surface area contributed by atoms with Crippen LogP contribution in [0.25, 0.3) is 0 Å². The lowest BCUT2D eigenvalue weighted by atomic mass is 10.1. The van der Waals surface area contributed by atoms with E-state index in [4.69, 9.17) is 9.26 Å². The van der Waals surface area contributed by atoms with E-state index in [1.807, 2.05) is 0 Å². The molecule has 0 spiro atoms. The van der Waals surface area contributed by atoms with Crippen molar-refractivity contribution in [3.8, 4) is 5.75 Å². The number of benzene rings is 1. The van der Waals surface area contributed by atoms with E-state index in [9.17, 15) is 13.6 Å². The second kappa shape index (κ2) is 5.60. The van der Waals surface area contributed by atoms with Crippen LogP contribution in [0, 0.1) is 6.92 Å². The largest absolute Gasteiger partial charge is 0.497 e. The lowest BCUT2D eigenvalue weighted by Crippen LogP contribution is -2.33. The first-order valence-corrected chi connectivity index (χ1v) is 7.03. The van der Waals surface area contributed by atoms with Crippen molar-refractivity contribution in [3.05, 3.63) is 41.5 Å². The Morgan fingerprint density at radius 2 is 2.26 bits per heavy atom. The zero-order valence-electron chi connectivity index (χ0n) is 12.6. The summed E-state index contributed by atoms with van der Waals surface area (Å²) in [6, 6.07) is 5.43. The van der Waals surface area contributed by atoms with Gasteiger partial charge >= 0.3 is 0 Å². The Bertz CT molecular complexity index is 732. The Balaban J connectivity index is 1.93. The van der Waals surface area contributed by atoms with Crippen molar-refractivity contribution >= 4 is 5.91 Å². The van der Waals surface area contributed by atoms with Crippen LogP contribution in [-0.4, -0.2) is 40.5 Å². The summed E-state index contributed by atoms with van der Waals surface area (Å²) in [6.45, 7) is 0.906. The molecule has 0 radical (unpaired) electrons. The molecule has 8 heteroatoms. The third kappa shape index (κ3) is 3.01. The molecule has 1 amide bonds. The molecule has 1 aromatic carbocycles. The molecule has 3 rings (SSSR count). The average molecular weight is 323 g/mol. The maximum Gasteiger partial charge on any atom is 0.267 e. The molecule has 1 unspecified atom stereocenters. The highest BCUT2D eigenvalue weighted by Gasteiger charge is 2.49. The highest BCUT2D eigenvalue weighted by molar-refractivity contribution is 5.95. The third-order valence-corrected chi connectivity index (χ3v) is 3.68. The van der Waals surface area contributed by atoms with Gasteiger partial charge in [0.1, 0.15) is 11.8 Å². The van der Waals surface area contributed by atoms with E-state index in [1.165, 1.54) is 13.2 Å². The van der Waals surface area contributed by atoms with Crippen LogP contribution >= 0.6 is 0 Å². The molecule has 6 nitrogen and oxygen atoms in total. The molecule has 122 valence electrons. The van der Waals surface area contributed by atoms with E-state index in [0.29, 0.717) is 11.6 Å². The summed E-state index contributed by atoms with van der Waals surface area (Å²) in [5, 5.41) is 3.61. The van der Waals surface area contributed by atoms with Crippen molar-refractivity contribution in [1.29, 1.82) is 0 Å². The van der Waals surface area contributed by atoms with Crippen LogP contribution < -0.4 is 4.74 Å². The number of hydrogen-bond acceptors (Lipinski definition) is 5. The Morgan fingerprint density at radius 1 is 1.48 bits per heavy atom. The maximum absolute atomic E-state index is 13.9. The zero-order valence-corrected chi connectivity index (χ0v) is 12.6. The molecule has 1 atom stereocenters. The van der Waals surface area contributed by atoms with Crippen LogP contribution in [0.2, 0.25) is 0 Å². The predicted octanol–water partition coefficient (Wildman–Crippen LogP) is 2.61. The number of methoxy groups -OCH3 is 1. The minimum atomic E-state index is -3.00. The number of hydrogen-bond donors (Lipinski definition) is 0. The minimum absolute atomic E-state index is 0.0240. The minimum Gasteiger partial charge on any atom is -0.497 e. The summed E-state index contributed by atoms with van der Waals surface area (Å²) in [7, 11) is 1.47. The van der Waals surface area contributed by atoms with Gasteiger partial charge in [-0.1, -0.05) is 11.2 Å². The highest BCUT2D eigenvalue weighted by atomic mass is 19.3. The molecule has 23 heavy (non-hydrogen) atoms. The van der Waals surface area contributed by atoms with Gasteiger partial charge < -0.3 is 14.2 Å². The van der Waals surface area contributed by atoms with Crippen molar-refractivity contribution in [2.24, 2.45) is 0 Å². The molecule has 1 aliphatic heterocycles. The Morgan fingerprint density at radius 3 is 2.91 bits per heavy atom. The molecule has 2 aromatic rings. The van der Waals surface area contributed by atoms with Gasteiger partial charge in [-0.3, -0.25) is 4.79 Å². The molecule has 0 bridgehead atoms. The summed E-state index contributed by atoms with van der Waals surface area (Å²) in [4.78, 5) is 17.7. The monoisotopic (exact) mass is 323 g/mol. The summed E-state index contributed by atoms with van der Waals surface area (Å²) in [6.07, 6.45) is -0.537. The fourth-order valence-electron chi connectivity index (χ4n) is 2.62. The average Bonchev–Trinajstić information content (AvgIpc) is 3.09. The highest BCUT2D eigenvalue weighted by Crippen LogP contribution is 2.41. The van der Waals surface area contributed by atoms with E-state index in [0.717, 1.165) is 4.90 Å². The number of nitrogens with zero attached hydrogens (tertiary/aromatic N) is 3. The topological polar surface area (TPSA) is 68.5 Å². The number of rotatable bonds is 3. The fraction of sp³-hybridized carbons (Fsp3) is 0.400. The van der Waals surface area contributed by atoms with Gasteiger partial charge in [0.15, 0.2) is 5.82 Å². The number of carbonyl (C=O) groups is 1. The first-order chi connectivity index (χ1) is 10.9. The third-order valence-electron chi connectivity index (χ3n) is 3.68. The lowest BCUT2D eigenvalue weighted by Gasteiger charge is -2.21. The van der Waals surface area contributed by atoms with Crippen molar-refractivity contribution in [2.75, 3.05) is 13.7 Å². The molecule has 0 N–H and O–H groups in total. The second-order valence-corrected chi connectivity index (χ2v) is 5.42. The van der Waals surface area contributed by atoms with Crippen LogP contribution in [-0.2, 0) is 0 Å². The summed E-state index contributed by atoms with van der Waals surface area (Å²) < 4.78 is 37.8. The van der Waals surface area contributed by atoms with Crippen molar-refractivity contribution < 1.29 is 22.8 Å². The van der Waals surface area contributed by atoms with Crippen molar-refractivity contribution in [3.63, 3.8) is 0 Å². The van der Waals surface area contributed by atoms with Crippen LogP contribution in [0.3, 0.4) is 0 Å². The first kappa shape index (κ1) is 15.4. The number of ether oxygens (including phenoxy) is 1. The van der Waals surface area contributed by atoms with Crippen molar-refractivity contribution in [2.45, 2.75) is 25.3 Å². The summed E-state index contributed by atoms with van der Waals surface area (Å²) >= 11 is 0. The quantitative estimate of drug-likeness (QED) is 0.868. The molecule has 1 aromatic heterocycles.